The number of aliphatic carboxylic acids is 1. The minimum Gasteiger partial charge on any atom is -0.491 e. The molecule has 1 atom stereocenters. The largest absolute Gasteiger partial charge is 0.491 e. The van der Waals surface area contributed by atoms with Crippen molar-refractivity contribution in [3.63, 3.8) is 0 Å². The lowest BCUT2D eigenvalue weighted by molar-refractivity contribution is -0.140. The molecule has 2 aromatic carbocycles. The maximum absolute atomic E-state index is 11.4. The highest BCUT2D eigenvalue weighted by molar-refractivity contribution is 5.87. The first-order chi connectivity index (χ1) is 10.9. The Kier molecular flexibility index (Phi) is 5.61. The van der Waals surface area contributed by atoms with Crippen molar-refractivity contribution in [2.75, 3.05) is 0 Å². The summed E-state index contributed by atoms with van der Waals surface area (Å²) in [5, 5.41) is 14.7. The van der Waals surface area contributed by atoms with E-state index in [1.54, 1.807) is 0 Å². The molecule has 0 amide bonds. The van der Waals surface area contributed by atoms with Gasteiger partial charge < -0.3 is 9.84 Å². The summed E-state index contributed by atoms with van der Waals surface area (Å²) >= 11 is 0. The highest BCUT2D eigenvalue weighted by Crippen LogP contribution is 2.29. The molecule has 0 aliphatic carbocycles. The normalized spacial score (nSPS) is 12.8. The third-order valence-corrected chi connectivity index (χ3v) is 3.79. The van der Waals surface area contributed by atoms with Crippen LogP contribution in [0, 0.1) is 5.92 Å². The van der Waals surface area contributed by atoms with Gasteiger partial charge >= 0.3 is 5.97 Å². The van der Waals surface area contributed by atoms with Crippen LogP contribution in [0.15, 0.2) is 36.4 Å². The lowest BCUT2D eigenvalue weighted by Gasteiger charge is -2.21. The Hall–Kier alpha value is -2.07. The number of hydrogen-bond donors (Lipinski definition) is 2. The molecule has 0 aliphatic rings. The molecule has 124 valence electrons. The van der Waals surface area contributed by atoms with Crippen LogP contribution in [0.25, 0.3) is 10.8 Å². The van der Waals surface area contributed by atoms with Crippen LogP contribution in [0.3, 0.4) is 0 Å². The quantitative estimate of drug-likeness (QED) is 0.815. The summed E-state index contributed by atoms with van der Waals surface area (Å²) in [6, 6.07) is 11.5. The Balaban J connectivity index is 2.37. The molecule has 2 rings (SSSR count). The summed E-state index contributed by atoms with van der Waals surface area (Å²) in [6.07, 6.45) is 0.0651. The predicted octanol–water partition coefficient (Wildman–Crippen LogP) is 3.83. The molecule has 0 aliphatic heterocycles. The maximum atomic E-state index is 11.4. The molecule has 0 bridgehead atoms. The van der Waals surface area contributed by atoms with Gasteiger partial charge in [0.1, 0.15) is 11.8 Å². The zero-order valence-electron chi connectivity index (χ0n) is 14.2. The summed E-state index contributed by atoms with van der Waals surface area (Å²) in [5.41, 5.74) is 1.00. The summed E-state index contributed by atoms with van der Waals surface area (Å²) in [6.45, 7) is 8.24. The van der Waals surface area contributed by atoms with Gasteiger partial charge in [0, 0.05) is 12.1 Å². The fourth-order valence-electron chi connectivity index (χ4n) is 2.68. The number of carboxylic acids is 1. The van der Waals surface area contributed by atoms with Crippen LogP contribution in [0.1, 0.15) is 33.3 Å². The number of benzene rings is 2. The summed E-state index contributed by atoms with van der Waals surface area (Å²) in [7, 11) is 0. The Morgan fingerprint density at radius 1 is 1.13 bits per heavy atom. The molecule has 0 heterocycles. The Labute approximate surface area is 137 Å². The molecule has 0 saturated carbocycles. The number of nitrogens with one attached hydrogen (secondary N) is 1. The van der Waals surface area contributed by atoms with Gasteiger partial charge in [-0.05, 0) is 36.6 Å². The van der Waals surface area contributed by atoms with E-state index in [1.165, 1.54) is 0 Å². The Morgan fingerprint density at radius 2 is 1.83 bits per heavy atom. The summed E-state index contributed by atoms with van der Waals surface area (Å²) < 4.78 is 5.92. The highest BCUT2D eigenvalue weighted by Gasteiger charge is 2.21. The molecule has 1 unspecified atom stereocenters. The third kappa shape index (κ3) is 4.23. The molecule has 2 aromatic rings. The molecule has 4 heteroatoms. The smallest absolute Gasteiger partial charge is 0.320 e. The lowest BCUT2D eigenvalue weighted by Crippen LogP contribution is -2.40. The fourth-order valence-corrected chi connectivity index (χ4v) is 2.68. The Bertz CT molecular complexity index is 679. The topological polar surface area (TPSA) is 58.6 Å². The summed E-state index contributed by atoms with van der Waals surface area (Å²) in [5.74, 6) is -0.0115. The highest BCUT2D eigenvalue weighted by atomic mass is 16.5. The van der Waals surface area contributed by atoms with Crippen LogP contribution in [-0.4, -0.2) is 23.2 Å². The maximum Gasteiger partial charge on any atom is 0.320 e. The van der Waals surface area contributed by atoms with Gasteiger partial charge in [-0.1, -0.05) is 44.2 Å². The molecule has 2 N–H and O–H groups in total. The van der Waals surface area contributed by atoms with Crippen molar-refractivity contribution in [2.24, 2.45) is 5.92 Å². The van der Waals surface area contributed by atoms with E-state index in [4.69, 9.17) is 4.74 Å². The first kappa shape index (κ1) is 17.3. The second kappa shape index (κ2) is 7.47. The molecule has 0 saturated heterocycles. The molecule has 0 aromatic heterocycles. The minimum atomic E-state index is -0.827. The van der Waals surface area contributed by atoms with Crippen LogP contribution < -0.4 is 10.1 Å². The van der Waals surface area contributed by atoms with Gasteiger partial charge in [-0.2, -0.15) is 0 Å². The van der Waals surface area contributed by atoms with Gasteiger partial charge in [0.15, 0.2) is 0 Å². The van der Waals surface area contributed by atoms with Crippen molar-refractivity contribution in [1.29, 1.82) is 0 Å². The van der Waals surface area contributed by atoms with Crippen molar-refractivity contribution in [2.45, 2.75) is 46.4 Å². The SMILES string of the molecule is CC(C)Oc1ccc2ccccc2c1CNC(C(=O)O)C(C)C. The van der Waals surface area contributed by atoms with E-state index < -0.39 is 12.0 Å². The number of ether oxygens (including phenoxy) is 1. The average Bonchev–Trinajstić information content (AvgIpc) is 2.47. The minimum absolute atomic E-state index is 0.0111. The molecular formula is C19H25NO3. The van der Waals surface area contributed by atoms with Gasteiger partial charge in [-0.15, -0.1) is 0 Å². The number of fused-ring (bicyclic) bond motifs is 1. The van der Waals surface area contributed by atoms with E-state index in [9.17, 15) is 9.90 Å². The molecule has 0 radical (unpaired) electrons. The fraction of sp³-hybridized carbons (Fsp3) is 0.421. The van der Waals surface area contributed by atoms with E-state index >= 15 is 0 Å². The van der Waals surface area contributed by atoms with Crippen LogP contribution in [0.4, 0.5) is 0 Å². The van der Waals surface area contributed by atoms with Crippen LogP contribution >= 0.6 is 0 Å². The Morgan fingerprint density at radius 3 is 2.43 bits per heavy atom. The van der Waals surface area contributed by atoms with Crippen LogP contribution in [0.2, 0.25) is 0 Å². The monoisotopic (exact) mass is 315 g/mol. The van der Waals surface area contributed by atoms with E-state index in [0.717, 1.165) is 22.1 Å². The third-order valence-electron chi connectivity index (χ3n) is 3.79. The van der Waals surface area contributed by atoms with Crippen molar-refractivity contribution in [3.8, 4) is 5.75 Å². The summed E-state index contributed by atoms with van der Waals surface area (Å²) in [4.78, 5) is 11.4. The van der Waals surface area contributed by atoms with Crippen LogP contribution in [-0.2, 0) is 11.3 Å². The van der Waals surface area contributed by atoms with Crippen molar-refractivity contribution in [1.82, 2.24) is 5.32 Å². The lowest BCUT2D eigenvalue weighted by atomic mass is 10.0. The second-order valence-electron chi connectivity index (χ2n) is 6.37. The van der Waals surface area contributed by atoms with E-state index in [0.29, 0.717) is 6.54 Å². The van der Waals surface area contributed by atoms with Gasteiger partial charge in [-0.25, -0.2) is 0 Å². The van der Waals surface area contributed by atoms with Crippen molar-refractivity contribution >= 4 is 16.7 Å². The zero-order valence-corrected chi connectivity index (χ0v) is 14.2. The molecular weight excluding hydrogens is 290 g/mol. The van der Waals surface area contributed by atoms with E-state index in [-0.39, 0.29) is 12.0 Å². The standard InChI is InChI=1S/C19H25NO3/c1-12(2)18(19(21)22)20-11-16-15-8-6-5-7-14(15)9-10-17(16)23-13(3)4/h5-10,12-13,18,20H,11H2,1-4H3,(H,21,22). The van der Waals surface area contributed by atoms with Crippen molar-refractivity contribution in [3.05, 3.63) is 42.0 Å². The molecule has 0 fully saturated rings. The van der Waals surface area contributed by atoms with Crippen LogP contribution in [0.5, 0.6) is 5.75 Å². The van der Waals surface area contributed by atoms with Gasteiger partial charge in [0.2, 0.25) is 0 Å². The first-order valence-corrected chi connectivity index (χ1v) is 8.03. The van der Waals surface area contributed by atoms with Gasteiger partial charge in [0.05, 0.1) is 6.10 Å². The van der Waals surface area contributed by atoms with E-state index in [1.807, 2.05) is 58.0 Å². The number of carboxylic acid groups (broad SMARTS) is 1. The average molecular weight is 315 g/mol. The van der Waals surface area contributed by atoms with E-state index in [2.05, 4.69) is 11.4 Å². The van der Waals surface area contributed by atoms with Gasteiger partial charge in [0.25, 0.3) is 0 Å². The second-order valence-corrected chi connectivity index (χ2v) is 6.37. The molecule has 0 spiro atoms. The number of hydrogen-bond acceptors (Lipinski definition) is 3. The molecule has 4 nitrogen and oxygen atoms in total. The van der Waals surface area contributed by atoms with Gasteiger partial charge in [-0.3, -0.25) is 10.1 Å². The molecule has 23 heavy (non-hydrogen) atoms. The number of rotatable bonds is 7. The predicted molar refractivity (Wildman–Crippen MR) is 92.8 cm³/mol. The zero-order chi connectivity index (χ0) is 17.0. The number of carbonyl (C=O) groups is 1. The van der Waals surface area contributed by atoms with Crippen molar-refractivity contribution < 1.29 is 14.6 Å². The first-order valence-electron chi connectivity index (χ1n) is 8.03.